The molecule has 0 bridgehead atoms. The Balaban J connectivity index is 1.61. The Labute approximate surface area is 199 Å². The number of anilines is 1. The highest BCUT2D eigenvalue weighted by Gasteiger charge is 2.32. The molecule has 4 rings (SSSR count). The molecule has 1 aromatic heterocycles. The fraction of sp³-hybridized carbons (Fsp3) is 0.542. The second kappa shape index (κ2) is 10.3. The van der Waals surface area contributed by atoms with Crippen LogP contribution in [0.25, 0.3) is 10.1 Å². The van der Waals surface area contributed by atoms with Crippen molar-refractivity contribution >= 4 is 32.5 Å². The molecule has 1 saturated heterocycles. The molecule has 182 valence electrons. The van der Waals surface area contributed by atoms with E-state index < -0.39 is 23.3 Å². The average Bonchev–Trinajstić information content (AvgIpc) is 2.82. The van der Waals surface area contributed by atoms with Crippen molar-refractivity contribution in [1.29, 1.82) is 0 Å². The van der Waals surface area contributed by atoms with Crippen LogP contribution in [-0.4, -0.2) is 55.7 Å². The van der Waals surface area contributed by atoms with Crippen molar-refractivity contribution in [3.8, 4) is 11.8 Å². The highest BCUT2D eigenvalue weighted by atomic mass is 32.1. The zero-order chi connectivity index (χ0) is 24.3. The number of methoxy groups -OCH3 is 1. The van der Waals surface area contributed by atoms with E-state index in [2.05, 4.69) is 26.5 Å². The molecule has 0 unspecified atom stereocenters. The van der Waals surface area contributed by atoms with Crippen molar-refractivity contribution in [2.24, 2.45) is 5.92 Å². The van der Waals surface area contributed by atoms with E-state index in [4.69, 9.17) is 0 Å². The van der Waals surface area contributed by atoms with Gasteiger partial charge in [0.1, 0.15) is 0 Å². The van der Waals surface area contributed by atoms with Crippen molar-refractivity contribution < 1.29 is 22.7 Å². The number of halogens is 3. The predicted octanol–water partition coefficient (Wildman–Crippen LogP) is 3.90. The molecule has 0 N–H and O–H groups in total. The standard InChI is InChI=1S/C24H26F3N3O3S/c1-33-20(31)8-7-17-13-18(24(25,26)27)14-19-21(17)34-23(28-22(19)32)30-11-9-29(10-12-30)15-16-5-3-2-4-6-16/h13-14,16H,2-6,9-12,15H2,1H3. The number of fused-ring (bicyclic) bond motifs is 1. The molecule has 0 atom stereocenters. The minimum atomic E-state index is -4.67. The van der Waals surface area contributed by atoms with E-state index in [1.54, 1.807) is 0 Å². The van der Waals surface area contributed by atoms with Gasteiger partial charge in [0.05, 0.1) is 22.8 Å². The van der Waals surface area contributed by atoms with E-state index in [9.17, 15) is 22.8 Å². The zero-order valence-electron chi connectivity index (χ0n) is 18.9. The summed E-state index contributed by atoms with van der Waals surface area (Å²) in [4.78, 5) is 32.7. The first kappa shape index (κ1) is 24.5. The van der Waals surface area contributed by atoms with Gasteiger partial charge in [-0.3, -0.25) is 9.69 Å². The van der Waals surface area contributed by atoms with Crippen LogP contribution < -0.4 is 10.5 Å². The van der Waals surface area contributed by atoms with Gasteiger partial charge in [-0.15, -0.1) is 0 Å². The monoisotopic (exact) mass is 493 g/mol. The molecule has 0 spiro atoms. The van der Waals surface area contributed by atoms with E-state index >= 15 is 0 Å². The van der Waals surface area contributed by atoms with Crippen LogP contribution in [0.4, 0.5) is 18.3 Å². The third kappa shape index (κ3) is 5.70. The SMILES string of the molecule is COC(=O)C#Cc1cc(C(F)(F)F)cc2c(=O)nc(N3CCN(CC4CCCCC4)CC3)sc12. The minimum Gasteiger partial charge on any atom is -0.459 e. The van der Waals surface area contributed by atoms with E-state index in [0.29, 0.717) is 18.2 Å². The largest absolute Gasteiger partial charge is 0.459 e. The molecule has 6 nitrogen and oxygen atoms in total. The number of carbonyl (C=O) groups is 1. The molecular formula is C24H26F3N3O3S. The number of alkyl halides is 3. The lowest BCUT2D eigenvalue weighted by molar-refractivity contribution is -0.137. The lowest BCUT2D eigenvalue weighted by Crippen LogP contribution is -2.48. The summed E-state index contributed by atoms with van der Waals surface area (Å²) >= 11 is 1.12. The number of esters is 1. The van der Waals surface area contributed by atoms with Crippen LogP contribution in [0.2, 0.25) is 0 Å². The summed E-state index contributed by atoms with van der Waals surface area (Å²) in [5.41, 5.74) is -1.79. The number of rotatable bonds is 3. The summed E-state index contributed by atoms with van der Waals surface area (Å²) in [5.74, 6) is 4.49. The van der Waals surface area contributed by atoms with Crippen LogP contribution in [0.15, 0.2) is 16.9 Å². The highest BCUT2D eigenvalue weighted by Crippen LogP contribution is 2.35. The number of nitrogens with zero attached hydrogens (tertiary/aromatic N) is 3. The Morgan fingerprint density at radius 3 is 2.53 bits per heavy atom. The van der Waals surface area contributed by atoms with Crippen LogP contribution in [0.3, 0.4) is 0 Å². The number of aromatic nitrogens is 1. The Bertz CT molecular complexity index is 1170. The first-order valence-electron chi connectivity index (χ1n) is 11.4. The Morgan fingerprint density at radius 2 is 1.88 bits per heavy atom. The fourth-order valence-corrected chi connectivity index (χ4v) is 5.68. The van der Waals surface area contributed by atoms with Crippen molar-refractivity contribution in [3.63, 3.8) is 0 Å². The lowest BCUT2D eigenvalue weighted by Gasteiger charge is -2.37. The van der Waals surface area contributed by atoms with E-state index in [1.807, 2.05) is 4.90 Å². The van der Waals surface area contributed by atoms with E-state index in [1.165, 1.54) is 32.1 Å². The maximum Gasteiger partial charge on any atom is 0.416 e. The quantitative estimate of drug-likeness (QED) is 0.478. The number of piperazine rings is 1. The molecule has 2 aromatic rings. The summed E-state index contributed by atoms with van der Waals surface area (Å²) < 4.78 is 44.9. The fourth-order valence-electron chi connectivity index (χ4n) is 4.58. The van der Waals surface area contributed by atoms with Crippen molar-refractivity contribution in [1.82, 2.24) is 9.88 Å². The van der Waals surface area contributed by atoms with Gasteiger partial charge in [-0.05, 0) is 30.9 Å². The number of ether oxygens (including phenoxy) is 1. The molecule has 0 amide bonds. The van der Waals surface area contributed by atoms with Gasteiger partial charge >= 0.3 is 12.1 Å². The summed E-state index contributed by atoms with van der Waals surface area (Å²) in [6.45, 7) is 4.15. The van der Waals surface area contributed by atoms with Gasteiger partial charge in [-0.1, -0.05) is 36.5 Å². The summed E-state index contributed by atoms with van der Waals surface area (Å²) in [6.07, 6.45) is 1.83. The first-order valence-corrected chi connectivity index (χ1v) is 12.2. The molecule has 2 fully saturated rings. The maximum atomic E-state index is 13.4. The van der Waals surface area contributed by atoms with Gasteiger partial charge in [0.15, 0.2) is 5.13 Å². The smallest absolute Gasteiger partial charge is 0.416 e. The Morgan fingerprint density at radius 1 is 1.18 bits per heavy atom. The van der Waals surface area contributed by atoms with Crippen LogP contribution >= 0.6 is 11.3 Å². The third-order valence-corrected chi connectivity index (χ3v) is 7.58. The van der Waals surface area contributed by atoms with E-state index in [0.717, 1.165) is 56.1 Å². The van der Waals surface area contributed by atoms with Crippen molar-refractivity contribution in [2.75, 3.05) is 44.7 Å². The van der Waals surface area contributed by atoms with Gasteiger partial charge in [-0.2, -0.15) is 18.2 Å². The summed E-state index contributed by atoms with van der Waals surface area (Å²) in [7, 11) is 1.13. The maximum absolute atomic E-state index is 13.4. The van der Waals surface area contributed by atoms with Gasteiger partial charge in [0.25, 0.3) is 5.56 Å². The van der Waals surface area contributed by atoms with Crippen LogP contribution in [0, 0.1) is 17.8 Å². The molecule has 2 heterocycles. The predicted molar refractivity (Wildman–Crippen MR) is 125 cm³/mol. The Kier molecular flexibility index (Phi) is 7.43. The second-order valence-electron chi connectivity index (χ2n) is 8.73. The Hall–Kier alpha value is -2.64. The molecular weight excluding hydrogens is 467 g/mol. The summed E-state index contributed by atoms with van der Waals surface area (Å²) in [5, 5.41) is 0.296. The van der Waals surface area contributed by atoms with Gasteiger partial charge in [0, 0.05) is 44.2 Å². The zero-order valence-corrected chi connectivity index (χ0v) is 19.7. The number of benzene rings is 1. The molecule has 1 saturated carbocycles. The molecule has 1 aromatic carbocycles. The van der Waals surface area contributed by atoms with Gasteiger partial charge < -0.3 is 9.64 Å². The topological polar surface area (TPSA) is 62.7 Å². The van der Waals surface area contributed by atoms with Gasteiger partial charge in [0.2, 0.25) is 0 Å². The first-order chi connectivity index (χ1) is 16.2. The minimum absolute atomic E-state index is 0.0445. The van der Waals surface area contributed by atoms with Gasteiger partial charge in [-0.25, -0.2) is 4.79 Å². The van der Waals surface area contributed by atoms with E-state index in [-0.39, 0.29) is 15.6 Å². The molecule has 1 aliphatic heterocycles. The molecule has 1 aliphatic carbocycles. The highest BCUT2D eigenvalue weighted by molar-refractivity contribution is 7.22. The number of hydrogen-bond acceptors (Lipinski definition) is 7. The lowest BCUT2D eigenvalue weighted by atomic mass is 9.89. The number of carbonyl (C=O) groups excluding carboxylic acids is 1. The third-order valence-electron chi connectivity index (χ3n) is 6.41. The molecule has 2 aliphatic rings. The molecule has 0 radical (unpaired) electrons. The number of hydrogen-bond donors (Lipinski definition) is 0. The van der Waals surface area contributed by atoms with Crippen LogP contribution in [-0.2, 0) is 15.7 Å². The average molecular weight is 494 g/mol. The van der Waals surface area contributed by atoms with Crippen molar-refractivity contribution in [3.05, 3.63) is 33.6 Å². The summed E-state index contributed by atoms with van der Waals surface area (Å²) in [6, 6.07) is 1.66. The normalized spacial score (nSPS) is 17.9. The van der Waals surface area contributed by atoms with Crippen LogP contribution in [0.5, 0.6) is 0 Å². The molecule has 34 heavy (non-hydrogen) atoms. The van der Waals surface area contributed by atoms with Crippen LogP contribution in [0.1, 0.15) is 43.2 Å². The van der Waals surface area contributed by atoms with Crippen molar-refractivity contribution in [2.45, 2.75) is 38.3 Å². The second-order valence-corrected chi connectivity index (χ2v) is 9.71. The molecule has 10 heteroatoms.